The second-order valence-electron chi connectivity index (χ2n) is 6.50. The monoisotopic (exact) mass is 417 g/mol. The Morgan fingerprint density at radius 3 is 2.82 bits per heavy atom. The van der Waals surface area contributed by atoms with Crippen molar-refractivity contribution in [3.05, 3.63) is 59.1 Å². The number of fused-ring (bicyclic) bond motifs is 1. The summed E-state index contributed by atoms with van der Waals surface area (Å²) in [6.07, 6.45) is 0.796. The number of hydrogen-bond acceptors (Lipinski definition) is 4. The number of carbonyl (C=O) groups excluding carboxylic acids is 1. The molecule has 0 bridgehead atoms. The number of carbonyl (C=O) groups is 1. The van der Waals surface area contributed by atoms with Gasteiger partial charge in [0.25, 0.3) is 0 Å². The van der Waals surface area contributed by atoms with Gasteiger partial charge in [0.1, 0.15) is 0 Å². The molecule has 2 aromatic carbocycles. The SMILES string of the molecule is COCCCNC(=O)C(C)Sc1nc2cc(Cl)ccc2n1Cc1ccccc1. The number of nitrogens with one attached hydrogen (secondary N) is 1. The van der Waals surface area contributed by atoms with Crippen molar-refractivity contribution in [2.75, 3.05) is 20.3 Å². The minimum absolute atomic E-state index is 0.00236. The molecule has 1 heterocycles. The first-order valence-electron chi connectivity index (χ1n) is 9.21. The zero-order valence-corrected chi connectivity index (χ0v) is 17.6. The molecule has 1 N–H and O–H groups in total. The summed E-state index contributed by atoms with van der Waals surface area (Å²) in [5.41, 5.74) is 3.01. The van der Waals surface area contributed by atoms with Crippen LogP contribution in [-0.2, 0) is 16.1 Å². The number of thioether (sulfide) groups is 1. The highest BCUT2D eigenvalue weighted by molar-refractivity contribution is 8.00. The average Bonchev–Trinajstić information content (AvgIpc) is 3.01. The summed E-state index contributed by atoms with van der Waals surface area (Å²) in [7, 11) is 1.66. The molecule has 3 rings (SSSR count). The fourth-order valence-electron chi connectivity index (χ4n) is 2.87. The van der Waals surface area contributed by atoms with Crippen molar-refractivity contribution in [2.45, 2.75) is 30.3 Å². The molecule has 0 radical (unpaired) electrons. The highest BCUT2D eigenvalue weighted by Gasteiger charge is 2.19. The van der Waals surface area contributed by atoms with Crippen LogP contribution < -0.4 is 5.32 Å². The maximum Gasteiger partial charge on any atom is 0.233 e. The first kappa shape index (κ1) is 20.7. The molecule has 1 amide bonds. The van der Waals surface area contributed by atoms with Gasteiger partial charge < -0.3 is 14.6 Å². The zero-order valence-electron chi connectivity index (χ0n) is 16.0. The van der Waals surface area contributed by atoms with Gasteiger partial charge in [0.15, 0.2) is 5.16 Å². The van der Waals surface area contributed by atoms with E-state index in [2.05, 4.69) is 22.0 Å². The van der Waals surface area contributed by atoms with E-state index in [-0.39, 0.29) is 11.2 Å². The Kier molecular flexibility index (Phi) is 7.36. The molecule has 1 aromatic heterocycles. The van der Waals surface area contributed by atoms with Gasteiger partial charge in [-0.25, -0.2) is 4.98 Å². The molecule has 0 aliphatic rings. The minimum Gasteiger partial charge on any atom is -0.385 e. The normalized spacial score (nSPS) is 12.2. The van der Waals surface area contributed by atoms with Crippen LogP contribution in [0.2, 0.25) is 5.02 Å². The number of ether oxygens (including phenoxy) is 1. The van der Waals surface area contributed by atoms with E-state index < -0.39 is 0 Å². The van der Waals surface area contributed by atoms with E-state index in [1.54, 1.807) is 7.11 Å². The number of aromatic nitrogens is 2. The van der Waals surface area contributed by atoms with Crippen LogP contribution in [0.4, 0.5) is 0 Å². The highest BCUT2D eigenvalue weighted by Crippen LogP contribution is 2.29. The molecule has 3 aromatic rings. The first-order valence-corrected chi connectivity index (χ1v) is 10.5. The largest absolute Gasteiger partial charge is 0.385 e. The summed E-state index contributed by atoms with van der Waals surface area (Å²) >= 11 is 7.61. The third kappa shape index (κ3) is 5.28. The zero-order chi connectivity index (χ0) is 19.9. The number of imidazole rings is 1. The van der Waals surface area contributed by atoms with Crippen molar-refractivity contribution in [1.82, 2.24) is 14.9 Å². The van der Waals surface area contributed by atoms with Gasteiger partial charge in [-0.05, 0) is 37.1 Å². The van der Waals surface area contributed by atoms with E-state index in [0.29, 0.717) is 24.7 Å². The van der Waals surface area contributed by atoms with Gasteiger partial charge in [0, 0.05) is 25.3 Å². The Labute approximate surface area is 174 Å². The van der Waals surface area contributed by atoms with Gasteiger partial charge in [-0.15, -0.1) is 0 Å². The van der Waals surface area contributed by atoms with Gasteiger partial charge in [-0.1, -0.05) is 53.7 Å². The Hall–Kier alpha value is -2.02. The quantitative estimate of drug-likeness (QED) is 0.415. The number of hydrogen-bond donors (Lipinski definition) is 1. The molecular weight excluding hydrogens is 394 g/mol. The highest BCUT2D eigenvalue weighted by atomic mass is 35.5. The summed E-state index contributed by atoms with van der Waals surface area (Å²) in [6.45, 7) is 3.82. The van der Waals surface area contributed by atoms with Gasteiger partial charge >= 0.3 is 0 Å². The topological polar surface area (TPSA) is 56.1 Å². The summed E-state index contributed by atoms with van der Waals surface area (Å²) in [5, 5.41) is 4.15. The van der Waals surface area contributed by atoms with E-state index >= 15 is 0 Å². The molecule has 0 fully saturated rings. The lowest BCUT2D eigenvalue weighted by atomic mass is 10.2. The molecule has 0 saturated carbocycles. The second kappa shape index (κ2) is 9.96. The lowest BCUT2D eigenvalue weighted by Gasteiger charge is -2.13. The van der Waals surface area contributed by atoms with Crippen LogP contribution in [0.1, 0.15) is 18.9 Å². The van der Waals surface area contributed by atoms with Crippen LogP contribution >= 0.6 is 23.4 Å². The summed E-state index contributed by atoms with van der Waals surface area (Å²) in [5.74, 6) is -0.00236. The first-order chi connectivity index (χ1) is 13.6. The molecule has 148 valence electrons. The van der Waals surface area contributed by atoms with Gasteiger partial charge in [0.2, 0.25) is 5.91 Å². The third-order valence-electron chi connectivity index (χ3n) is 4.33. The molecule has 0 spiro atoms. The van der Waals surface area contributed by atoms with E-state index in [1.807, 2.05) is 43.3 Å². The fourth-order valence-corrected chi connectivity index (χ4v) is 3.99. The summed E-state index contributed by atoms with van der Waals surface area (Å²) in [4.78, 5) is 17.2. The Morgan fingerprint density at radius 2 is 2.07 bits per heavy atom. The smallest absolute Gasteiger partial charge is 0.233 e. The van der Waals surface area contributed by atoms with Crippen molar-refractivity contribution in [3.8, 4) is 0 Å². The molecule has 0 aliphatic heterocycles. The number of rotatable bonds is 9. The Morgan fingerprint density at radius 1 is 1.29 bits per heavy atom. The number of nitrogens with zero attached hydrogens (tertiary/aromatic N) is 2. The second-order valence-corrected chi connectivity index (χ2v) is 8.24. The van der Waals surface area contributed by atoms with Gasteiger partial charge in [-0.2, -0.15) is 0 Å². The van der Waals surface area contributed by atoms with Gasteiger partial charge in [-0.3, -0.25) is 4.79 Å². The Balaban J connectivity index is 1.81. The van der Waals surface area contributed by atoms with Crippen molar-refractivity contribution in [3.63, 3.8) is 0 Å². The van der Waals surface area contributed by atoms with Crippen LogP contribution in [-0.4, -0.2) is 41.0 Å². The van der Waals surface area contributed by atoms with Crippen LogP contribution in [0.3, 0.4) is 0 Å². The molecular formula is C21H24ClN3O2S. The lowest BCUT2D eigenvalue weighted by molar-refractivity contribution is -0.120. The van der Waals surface area contributed by atoms with Crippen LogP contribution in [0, 0.1) is 0 Å². The van der Waals surface area contributed by atoms with Crippen molar-refractivity contribution in [2.24, 2.45) is 0 Å². The van der Waals surface area contributed by atoms with Crippen molar-refractivity contribution >= 4 is 40.3 Å². The molecule has 0 aliphatic carbocycles. The van der Waals surface area contributed by atoms with Crippen LogP contribution in [0.5, 0.6) is 0 Å². The van der Waals surface area contributed by atoms with Crippen molar-refractivity contribution < 1.29 is 9.53 Å². The van der Waals surface area contributed by atoms with Gasteiger partial charge in [0.05, 0.1) is 22.8 Å². The summed E-state index contributed by atoms with van der Waals surface area (Å²) in [6, 6.07) is 15.9. The van der Waals surface area contributed by atoms with Crippen molar-refractivity contribution in [1.29, 1.82) is 0 Å². The van der Waals surface area contributed by atoms with E-state index in [0.717, 1.165) is 22.6 Å². The molecule has 28 heavy (non-hydrogen) atoms. The Bertz CT molecular complexity index is 930. The number of benzene rings is 2. The predicted molar refractivity (Wildman–Crippen MR) is 115 cm³/mol. The summed E-state index contributed by atoms with van der Waals surface area (Å²) < 4.78 is 7.15. The fraction of sp³-hybridized carbons (Fsp3) is 0.333. The predicted octanol–water partition coefficient (Wildman–Crippen LogP) is 4.37. The van der Waals surface area contributed by atoms with E-state index in [4.69, 9.17) is 21.3 Å². The maximum absolute atomic E-state index is 12.4. The average molecular weight is 418 g/mol. The van der Waals surface area contributed by atoms with E-state index in [1.165, 1.54) is 17.3 Å². The van der Waals surface area contributed by atoms with Crippen LogP contribution in [0.15, 0.2) is 53.7 Å². The van der Waals surface area contributed by atoms with Crippen LogP contribution in [0.25, 0.3) is 11.0 Å². The lowest BCUT2D eigenvalue weighted by Crippen LogP contribution is -2.32. The molecule has 0 saturated heterocycles. The maximum atomic E-state index is 12.4. The third-order valence-corrected chi connectivity index (χ3v) is 5.66. The number of halogens is 1. The number of methoxy groups -OCH3 is 1. The molecule has 7 heteroatoms. The molecule has 5 nitrogen and oxygen atoms in total. The molecule has 1 unspecified atom stereocenters. The standard InChI is InChI=1S/C21H24ClN3O2S/c1-15(20(26)23-11-6-12-27-2)28-21-24-18-13-17(22)9-10-19(18)25(21)14-16-7-4-3-5-8-16/h3-5,7-10,13,15H,6,11-12,14H2,1-2H3,(H,23,26). The minimum atomic E-state index is -0.260. The molecule has 1 atom stereocenters. The van der Waals surface area contributed by atoms with E-state index in [9.17, 15) is 4.79 Å². The number of amides is 1.